The van der Waals surface area contributed by atoms with E-state index in [1.807, 2.05) is 42.5 Å². The molecule has 0 saturated carbocycles. The predicted molar refractivity (Wildman–Crippen MR) is 357 cm³/mol. The van der Waals surface area contributed by atoms with Crippen LogP contribution in [-0.2, 0) is 0 Å². The normalized spacial score (nSPS) is 11.1. The summed E-state index contributed by atoms with van der Waals surface area (Å²) < 4.78 is 14.0. The van der Waals surface area contributed by atoms with Gasteiger partial charge in [-0.2, -0.15) is 0 Å². The van der Waals surface area contributed by atoms with Crippen molar-refractivity contribution in [3.05, 3.63) is 363 Å². The fourth-order valence-corrected chi connectivity index (χ4v) is 11.7. The van der Waals surface area contributed by atoms with Crippen molar-refractivity contribution >= 4 is 72.0 Å². The molecule has 0 atom stereocenters. The third-order valence-corrected chi connectivity index (χ3v) is 15.6. The number of hydrogen-bond acceptors (Lipinski definition) is 1. The summed E-state index contributed by atoms with van der Waals surface area (Å²) in [5, 5.41) is 0. The molecule has 0 amide bonds. The van der Waals surface area contributed by atoms with Crippen molar-refractivity contribution in [3.63, 3.8) is 0 Å². The number of fused-ring (bicyclic) bond motifs is 12. The van der Waals surface area contributed by atoms with E-state index in [0.29, 0.717) is 11.1 Å². The standard InChI is InChI=1S/C79H58N6O/c86-79(59-25-7-1-8-26-59)60-49-51-66(52-50-60)85-77-47-23-45-75(57-77)83(64-33-15-5-16-34-64)73-43-21-41-71(55-73)81(62-29-11-3-12-30-62)69-39-19-37-67(53-69)80(61-27-9-2-10-28-61)68-38-20-40-70(54-68)82(63-31-13-4-14-32-63)72-42-22-44-74(56-72)84(65-35-17-6-18-36-65)76-46-24-48-78(85)58-76/h1-58H. The maximum atomic E-state index is 14.0. The highest BCUT2D eigenvalue weighted by Gasteiger charge is 2.13. The number of carbonyl (C=O) groups excluding carboxylic acids is 1. The molecule has 0 N–H and O–H groups in total. The lowest BCUT2D eigenvalue weighted by Crippen LogP contribution is -2.03. The maximum absolute atomic E-state index is 14.0. The lowest BCUT2D eigenvalue weighted by atomic mass is 10.0. The summed E-state index contributed by atoms with van der Waals surface area (Å²) in [5.74, 6) is -0.0300. The van der Waals surface area contributed by atoms with E-state index in [1.165, 1.54) is 0 Å². The second-order valence-corrected chi connectivity index (χ2v) is 21.1. The number of carbonyl (C=O) groups is 1. The molecule has 0 aliphatic heterocycles. The molecular weight excluding hydrogens is 1050 g/mol. The molecule has 0 aliphatic rings. The van der Waals surface area contributed by atoms with Gasteiger partial charge >= 0.3 is 0 Å². The predicted octanol–water partition coefficient (Wildman–Crippen LogP) is 19.6. The van der Waals surface area contributed by atoms with Crippen LogP contribution in [0.2, 0.25) is 0 Å². The fourth-order valence-electron chi connectivity index (χ4n) is 11.7. The monoisotopic (exact) mass is 1110 g/mol. The van der Waals surface area contributed by atoms with Gasteiger partial charge in [0, 0.05) is 111 Å². The molecule has 14 rings (SSSR count). The first-order chi connectivity index (χ1) is 42.6. The van der Waals surface area contributed by atoms with Crippen LogP contribution in [0.25, 0.3) is 100 Å². The molecule has 14 aromatic rings. The number of nitrogens with zero attached hydrogens (tertiary/aromatic N) is 6. The van der Waals surface area contributed by atoms with Gasteiger partial charge in [0.2, 0.25) is 0 Å². The second kappa shape index (κ2) is 23.7. The highest BCUT2D eigenvalue weighted by Crippen LogP contribution is 2.29. The summed E-state index contributed by atoms with van der Waals surface area (Å²) in [5.41, 5.74) is 18.9. The van der Waals surface area contributed by atoms with Crippen LogP contribution >= 0.6 is 0 Å². The van der Waals surface area contributed by atoms with Crippen molar-refractivity contribution in [1.29, 1.82) is 0 Å². The largest absolute Gasteiger partial charge is 0.310 e. The summed E-state index contributed by atoms with van der Waals surface area (Å²) in [6.45, 7) is 0. The Balaban J connectivity index is 1.18. The van der Waals surface area contributed by atoms with E-state index >= 15 is 0 Å². The Morgan fingerprint density at radius 2 is 0.326 bits per heavy atom. The molecule has 410 valence electrons. The van der Waals surface area contributed by atoms with Crippen LogP contribution in [0.15, 0.2) is 352 Å². The average molecular weight is 1110 g/mol. The van der Waals surface area contributed by atoms with Crippen molar-refractivity contribution < 1.29 is 4.79 Å². The Bertz CT molecular complexity index is 4840. The van der Waals surface area contributed by atoms with Crippen LogP contribution in [0.1, 0.15) is 15.9 Å². The molecule has 0 radical (unpaired) electrons. The van der Waals surface area contributed by atoms with Gasteiger partial charge in [-0.3, -0.25) is 4.79 Å². The summed E-state index contributed by atoms with van der Waals surface area (Å²) >= 11 is 0. The SMILES string of the molecule is O=C(c1ccccc1)c1ccc(-n2c3cccc(c3)n(-c3ccccc3)c3cccc(c3)n(-c3ccccc3)c3cccc(c3)n(-c3ccccc3)c3cccc(c3)n(-c3ccccc3)c3cccc(c3)n(-c3ccccc3)c3cccc2c3)cc1. The quantitative estimate of drug-likeness (QED) is 0.140. The number of ketones is 1. The molecule has 7 nitrogen and oxygen atoms in total. The van der Waals surface area contributed by atoms with Crippen molar-refractivity contribution in [3.8, 4) is 34.1 Å². The van der Waals surface area contributed by atoms with Gasteiger partial charge in [0.1, 0.15) is 0 Å². The van der Waals surface area contributed by atoms with Gasteiger partial charge in [-0.25, -0.2) is 0 Å². The van der Waals surface area contributed by atoms with E-state index in [9.17, 15) is 4.79 Å². The minimum absolute atomic E-state index is 0.0300. The summed E-state index contributed by atoms with van der Waals surface area (Å²) in [4.78, 5) is 14.0. The van der Waals surface area contributed by atoms with Crippen LogP contribution in [0.3, 0.4) is 0 Å². The molecule has 13 aromatic carbocycles. The van der Waals surface area contributed by atoms with Gasteiger partial charge in [-0.05, 0) is 194 Å². The minimum Gasteiger partial charge on any atom is -0.310 e. The minimum atomic E-state index is -0.0300. The summed E-state index contributed by atoms with van der Waals surface area (Å²) in [6, 6.07) is 123. The van der Waals surface area contributed by atoms with Crippen LogP contribution in [0.4, 0.5) is 0 Å². The fraction of sp³-hybridized carbons (Fsp3) is 0. The zero-order valence-corrected chi connectivity index (χ0v) is 47.1. The summed E-state index contributed by atoms with van der Waals surface area (Å²) in [6.07, 6.45) is 0. The third-order valence-electron chi connectivity index (χ3n) is 15.6. The Kier molecular flexibility index (Phi) is 14.4. The molecule has 1 heterocycles. The Labute approximate surface area is 498 Å². The Hall–Kier alpha value is -11.7. The van der Waals surface area contributed by atoms with Gasteiger partial charge < -0.3 is 27.4 Å². The van der Waals surface area contributed by atoms with Crippen molar-refractivity contribution in [2.75, 3.05) is 0 Å². The van der Waals surface area contributed by atoms with E-state index in [4.69, 9.17) is 0 Å². The van der Waals surface area contributed by atoms with Crippen LogP contribution in [-0.4, -0.2) is 33.2 Å². The molecule has 0 aliphatic carbocycles. The highest BCUT2D eigenvalue weighted by atomic mass is 16.1. The number of para-hydroxylation sites is 5. The molecule has 86 heavy (non-hydrogen) atoms. The first-order valence-corrected chi connectivity index (χ1v) is 28.9. The topological polar surface area (TPSA) is 46.6 Å². The molecule has 0 spiro atoms. The average Bonchev–Trinajstić information content (AvgIpc) is 3.69. The first kappa shape index (κ1) is 52.4. The molecule has 12 bridgehead atoms. The van der Waals surface area contributed by atoms with Crippen molar-refractivity contribution in [2.45, 2.75) is 0 Å². The zero-order valence-electron chi connectivity index (χ0n) is 47.1. The van der Waals surface area contributed by atoms with Gasteiger partial charge in [-0.1, -0.05) is 158 Å². The van der Waals surface area contributed by atoms with Gasteiger partial charge in [0.15, 0.2) is 5.78 Å². The maximum Gasteiger partial charge on any atom is 0.193 e. The number of hydrogen-bond donors (Lipinski definition) is 0. The molecular formula is C79H58N6O. The Morgan fingerprint density at radius 1 is 0.163 bits per heavy atom. The molecule has 7 heteroatoms. The number of rotatable bonds is 8. The molecule has 0 saturated heterocycles. The summed E-state index contributed by atoms with van der Waals surface area (Å²) in [7, 11) is 0. The second-order valence-electron chi connectivity index (χ2n) is 21.1. The number of aromatic nitrogens is 6. The van der Waals surface area contributed by atoms with Crippen LogP contribution in [0, 0.1) is 0 Å². The molecule has 1 aromatic heterocycles. The van der Waals surface area contributed by atoms with E-state index in [2.05, 4.69) is 337 Å². The Morgan fingerprint density at radius 3 is 0.523 bits per heavy atom. The van der Waals surface area contributed by atoms with E-state index in [1.54, 1.807) is 0 Å². The van der Waals surface area contributed by atoms with Crippen LogP contribution < -0.4 is 0 Å². The molecule has 0 unspecified atom stereocenters. The van der Waals surface area contributed by atoms with Gasteiger partial charge in [0.05, 0.1) is 0 Å². The van der Waals surface area contributed by atoms with Crippen molar-refractivity contribution in [1.82, 2.24) is 27.4 Å². The zero-order chi connectivity index (χ0) is 57.6. The number of benzene rings is 13. The first-order valence-electron chi connectivity index (χ1n) is 28.9. The lowest BCUT2D eigenvalue weighted by molar-refractivity contribution is 0.103. The lowest BCUT2D eigenvalue weighted by Gasteiger charge is -2.17. The van der Waals surface area contributed by atoms with E-state index in [-0.39, 0.29) is 5.78 Å². The van der Waals surface area contributed by atoms with Crippen molar-refractivity contribution in [2.24, 2.45) is 0 Å². The highest BCUT2D eigenvalue weighted by molar-refractivity contribution is 6.09. The van der Waals surface area contributed by atoms with Gasteiger partial charge in [0.25, 0.3) is 0 Å². The smallest absolute Gasteiger partial charge is 0.193 e. The van der Waals surface area contributed by atoms with E-state index < -0.39 is 0 Å². The van der Waals surface area contributed by atoms with Crippen LogP contribution in [0.5, 0.6) is 0 Å². The third kappa shape index (κ3) is 10.6. The molecule has 0 fully saturated rings. The van der Waals surface area contributed by atoms with Gasteiger partial charge in [-0.15, -0.1) is 0 Å². The van der Waals surface area contributed by atoms with E-state index in [0.717, 1.165) is 100 Å².